The third-order valence-electron chi connectivity index (χ3n) is 3.28. The molecule has 100 valence electrons. The van der Waals surface area contributed by atoms with Crippen molar-refractivity contribution >= 4 is 23.1 Å². The van der Waals surface area contributed by atoms with Crippen LogP contribution in [0, 0.1) is 0 Å². The van der Waals surface area contributed by atoms with Crippen molar-refractivity contribution in [1.29, 1.82) is 0 Å². The molecule has 0 fully saturated rings. The van der Waals surface area contributed by atoms with Gasteiger partial charge in [-0.3, -0.25) is 0 Å². The second kappa shape index (κ2) is 5.51. The van der Waals surface area contributed by atoms with Crippen LogP contribution in [0.5, 0.6) is 0 Å². The summed E-state index contributed by atoms with van der Waals surface area (Å²) >= 11 is 5.90. The molecule has 1 atom stereocenters. The molecule has 3 heteroatoms. The first-order chi connectivity index (χ1) is 9.74. The fraction of sp³-hybridized carbons (Fsp3) is 0.118. The number of nitrogens with zero attached hydrogens (tertiary/aromatic N) is 1. The standard InChI is InChI=1S/C17H14ClNO/c1-12(13-7-9-15(18)10-8-13)16-11-19-17(20-16)14-5-3-2-4-6-14/h2-10,16H,1,11H2. The molecule has 0 saturated heterocycles. The molecule has 1 aliphatic rings. The lowest BCUT2D eigenvalue weighted by atomic mass is 10.0. The van der Waals surface area contributed by atoms with E-state index in [1.165, 1.54) is 0 Å². The SMILES string of the molecule is C=C(c1ccc(Cl)cc1)C1CN=C(c2ccccc2)O1. The number of halogens is 1. The average molecular weight is 284 g/mol. The summed E-state index contributed by atoms with van der Waals surface area (Å²) < 4.78 is 5.91. The minimum absolute atomic E-state index is 0.105. The maximum Gasteiger partial charge on any atom is 0.216 e. The van der Waals surface area contributed by atoms with Crippen LogP contribution in [0.25, 0.3) is 5.57 Å². The van der Waals surface area contributed by atoms with Gasteiger partial charge in [0.25, 0.3) is 0 Å². The smallest absolute Gasteiger partial charge is 0.216 e. The van der Waals surface area contributed by atoms with Crippen LogP contribution in [0.1, 0.15) is 11.1 Å². The first kappa shape index (κ1) is 12.9. The van der Waals surface area contributed by atoms with Gasteiger partial charge in [-0.15, -0.1) is 0 Å². The van der Waals surface area contributed by atoms with E-state index in [-0.39, 0.29) is 6.10 Å². The predicted octanol–water partition coefficient (Wildman–Crippen LogP) is 4.20. The van der Waals surface area contributed by atoms with Gasteiger partial charge in [-0.25, -0.2) is 4.99 Å². The Balaban J connectivity index is 1.73. The van der Waals surface area contributed by atoms with Gasteiger partial charge in [0, 0.05) is 10.6 Å². The molecule has 20 heavy (non-hydrogen) atoms. The Bertz CT molecular complexity index is 646. The molecule has 2 nitrogen and oxygen atoms in total. The first-order valence-corrected chi connectivity index (χ1v) is 6.83. The Hall–Kier alpha value is -2.06. The van der Waals surface area contributed by atoms with Gasteiger partial charge < -0.3 is 4.74 Å². The van der Waals surface area contributed by atoms with Crippen molar-refractivity contribution in [2.75, 3.05) is 6.54 Å². The van der Waals surface area contributed by atoms with Crippen LogP contribution in [0.3, 0.4) is 0 Å². The zero-order chi connectivity index (χ0) is 13.9. The molecule has 0 bridgehead atoms. The highest BCUT2D eigenvalue weighted by atomic mass is 35.5. The molecule has 0 aliphatic carbocycles. The first-order valence-electron chi connectivity index (χ1n) is 6.45. The summed E-state index contributed by atoms with van der Waals surface area (Å²) in [5.41, 5.74) is 2.96. The van der Waals surface area contributed by atoms with Crippen LogP contribution in [-0.2, 0) is 4.74 Å². The third kappa shape index (κ3) is 2.61. The van der Waals surface area contributed by atoms with E-state index >= 15 is 0 Å². The highest BCUT2D eigenvalue weighted by molar-refractivity contribution is 6.30. The third-order valence-corrected chi connectivity index (χ3v) is 3.53. The summed E-state index contributed by atoms with van der Waals surface area (Å²) in [4.78, 5) is 4.46. The van der Waals surface area contributed by atoms with Gasteiger partial charge in [-0.2, -0.15) is 0 Å². The molecule has 1 unspecified atom stereocenters. The van der Waals surface area contributed by atoms with E-state index in [0.717, 1.165) is 21.7 Å². The summed E-state index contributed by atoms with van der Waals surface area (Å²) in [5.74, 6) is 0.686. The highest BCUT2D eigenvalue weighted by Crippen LogP contribution is 2.25. The number of hydrogen-bond acceptors (Lipinski definition) is 2. The Morgan fingerprint density at radius 1 is 1.10 bits per heavy atom. The lowest BCUT2D eigenvalue weighted by Crippen LogP contribution is -2.15. The summed E-state index contributed by atoms with van der Waals surface area (Å²) in [6, 6.07) is 17.5. The lowest BCUT2D eigenvalue weighted by molar-refractivity contribution is 0.284. The maximum atomic E-state index is 5.91. The molecule has 2 aromatic rings. The van der Waals surface area contributed by atoms with E-state index in [1.54, 1.807) is 0 Å². The van der Waals surface area contributed by atoms with E-state index in [9.17, 15) is 0 Å². The molecule has 3 rings (SSSR count). The van der Waals surface area contributed by atoms with Crippen molar-refractivity contribution in [2.45, 2.75) is 6.10 Å². The molecule has 2 aromatic carbocycles. The summed E-state index contributed by atoms with van der Waals surface area (Å²) in [5, 5.41) is 0.718. The van der Waals surface area contributed by atoms with Gasteiger partial charge in [0.15, 0.2) is 0 Å². The number of rotatable bonds is 3. The van der Waals surface area contributed by atoms with E-state index < -0.39 is 0 Å². The fourth-order valence-electron chi connectivity index (χ4n) is 2.15. The molecule has 0 spiro atoms. The van der Waals surface area contributed by atoms with Crippen molar-refractivity contribution in [3.05, 3.63) is 77.3 Å². The quantitative estimate of drug-likeness (QED) is 0.827. The van der Waals surface area contributed by atoms with Gasteiger partial charge in [0.2, 0.25) is 5.90 Å². The minimum atomic E-state index is -0.105. The number of aliphatic imine (C=N–C) groups is 1. The maximum absolute atomic E-state index is 5.91. The van der Waals surface area contributed by atoms with Crippen molar-refractivity contribution < 1.29 is 4.74 Å². The van der Waals surface area contributed by atoms with Crippen LogP contribution in [0.15, 0.2) is 66.2 Å². The van der Waals surface area contributed by atoms with Crippen LogP contribution < -0.4 is 0 Å². The summed E-state index contributed by atoms with van der Waals surface area (Å²) in [6.07, 6.45) is -0.105. The van der Waals surface area contributed by atoms with Crippen LogP contribution in [0.2, 0.25) is 5.02 Å². The number of ether oxygens (including phenoxy) is 1. The van der Waals surface area contributed by atoms with Crippen molar-refractivity contribution in [3.63, 3.8) is 0 Å². The van der Waals surface area contributed by atoms with Gasteiger partial charge in [-0.1, -0.05) is 48.5 Å². The lowest BCUT2D eigenvalue weighted by Gasteiger charge is -2.14. The van der Waals surface area contributed by atoms with Crippen LogP contribution >= 0.6 is 11.6 Å². The van der Waals surface area contributed by atoms with Gasteiger partial charge in [-0.05, 0) is 35.4 Å². The topological polar surface area (TPSA) is 21.6 Å². The van der Waals surface area contributed by atoms with Crippen LogP contribution in [-0.4, -0.2) is 18.5 Å². The Morgan fingerprint density at radius 2 is 1.80 bits per heavy atom. The van der Waals surface area contributed by atoms with Gasteiger partial charge in [0.1, 0.15) is 6.10 Å². The molecular formula is C17H14ClNO. The van der Waals surface area contributed by atoms with Gasteiger partial charge in [0.05, 0.1) is 6.54 Å². The highest BCUT2D eigenvalue weighted by Gasteiger charge is 2.24. The second-order valence-corrected chi connectivity index (χ2v) is 5.09. The zero-order valence-corrected chi connectivity index (χ0v) is 11.7. The Labute approximate surface area is 123 Å². The molecule has 0 aromatic heterocycles. The second-order valence-electron chi connectivity index (χ2n) is 4.65. The van der Waals surface area contributed by atoms with E-state index in [1.807, 2.05) is 54.6 Å². The molecular weight excluding hydrogens is 270 g/mol. The number of benzene rings is 2. The molecule has 0 saturated carbocycles. The fourth-order valence-corrected chi connectivity index (χ4v) is 2.27. The molecule has 1 heterocycles. The largest absolute Gasteiger partial charge is 0.467 e. The summed E-state index contributed by atoms with van der Waals surface area (Å²) in [6.45, 7) is 4.73. The monoisotopic (exact) mass is 283 g/mol. The van der Waals surface area contributed by atoms with E-state index in [4.69, 9.17) is 16.3 Å². The average Bonchev–Trinajstić information content (AvgIpc) is 2.98. The molecule has 1 aliphatic heterocycles. The zero-order valence-electron chi connectivity index (χ0n) is 10.9. The Morgan fingerprint density at radius 3 is 2.50 bits per heavy atom. The molecule has 0 radical (unpaired) electrons. The Kier molecular flexibility index (Phi) is 3.57. The minimum Gasteiger partial charge on any atom is -0.467 e. The van der Waals surface area contributed by atoms with Gasteiger partial charge >= 0.3 is 0 Å². The van der Waals surface area contributed by atoms with Crippen molar-refractivity contribution in [1.82, 2.24) is 0 Å². The van der Waals surface area contributed by atoms with Crippen LogP contribution in [0.4, 0.5) is 0 Å². The number of hydrogen-bond donors (Lipinski definition) is 0. The summed E-state index contributed by atoms with van der Waals surface area (Å²) in [7, 11) is 0. The molecule has 0 N–H and O–H groups in total. The van der Waals surface area contributed by atoms with E-state index in [0.29, 0.717) is 12.4 Å². The van der Waals surface area contributed by atoms with E-state index in [2.05, 4.69) is 11.6 Å². The van der Waals surface area contributed by atoms with Crippen molar-refractivity contribution in [2.24, 2.45) is 4.99 Å². The molecule has 0 amide bonds. The van der Waals surface area contributed by atoms with Crippen molar-refractivity contribution in [3.8, 4) is 0 Å². The normalized spacial score (nSPS) is 17.4. The predicted molar refractivity (Wildman–Crippen MR) is 83.2 cm³/mol.